The molecule has 1 fully saturated rings. The highest BCUT2D eigenvalue weighted by atomic mass is 16.2. The van der Waals surface area contributed by atoms with Gasteiger partial charge in [0.2, 0.25) is 11.8 Å². The molecule has 0 spiro atoms. The molecule has 136 valence electrons. The maximum absolute atomic E-state index is 12.1. The van der Waals surface area contributed by atoms with Crippen molar-refractivity contribution in [3.8, 4) is 0 Å². The standard InChI is InChI=1S/C21H25N3O2/c1-2-16-5-7-17(8-6-16)22-20(25)15-21(26)23-18-9-11-19(12-10-18)24-13-3-4-14-24/h5-12H,2-4,13-15H2,1H3,(H,22,25)(H,23,26). The molecule has 5 heteroatoms. The van der Waals surface area contributed by atoms with Crippen LogP contribution in [0.15, 0.2) is 48.5 Å². The third-order valence-corrected chi connectivity index (χ3v) is 4.59. The molecule has 26 heavy (non-hydrogen) atoms. The Balaban J connectivity index is 1.48. The Morgan fingerprint density at radius 3 is 1.85 bits per heavy atom. The first-order valence-corrected chi connectivity index (χ1v) is 9.17. The molecular formula is C21H25N3O2. The lowest BCUT2D eigenvalue weighted by Crippen LogP contribution is -2.21. The lowest BCUT2D eigenvalue weighted by molar-refractivity contribution is -0.123. The number of carbonyl (C=O) groups excluding carboxylic acids is 2. The summed E-state index contributed by atoms with van der Waals surface area (Å²) in [6, 6.07) is 15.4. The van der Waals surface area contributed by atoms with E-state index in [0.29, 0.717) is 11.4 Å². The molecule has 1 saturated heterocycles. The Kier molecular flexibility index (Phi) is 5.89. The van der Waals surface area contributed by atoms with Gasteiger partial charge in [0.1, 0.15) is 6.42 Å². The van der Waals surface area contributed by atoms with Crippen LogP contribution in [-0.4, -0.2) is 24.9 Å². The number of nitrogens with one attached hydrogen (secondary N) is 2. The molecule has 1 heterocycles. The van der Waals surface area contributed by atoms with Crippen LogP contribution in [0, 0.1) is 0 Å². The van der Waals surface area contributed by atoms with Gasteiger partial charge in [-0.2, -0.15) is 0 Å². The molecule has 0 radical (unpaired) electrons. The largest absolute Gasteiger partial charge is 0.372 e. The fourth-order valence-corrected chi connectivity index (χ4v) is 3.11. The summed E-state index contributed by atoms with van der Waals surface area (Å²) in [6.07, 6.45) is 3.21. The average molecular weight is 351 g/mol. The minimum Gasteiger partial charge on any atom is -0.372 e. The summed E-state index contributed by atoms with van der Waals surface area (Å²) >= 11 is 0. The van der Waals surface area contributed by atoms with Gasteiger partial charge in [-0.05, 0) is 61.2 Å². The summed E-state index contributed by atoms with van der Waals surface area (Å²) in [4.78, 5) is 26.4. The predicted molar refractivity (Wildman–Crippen MR) is 106 cm³/mol. The number of aryl methyl sites for hydroxylation is 1. The van der Waals surface area contributed by atoms with Crippen LogP contribution in [-0.2, 0) is 16.0 Å². The molecule has 0 unspecified atom stereocenters. The number of hydrogen-bond donors (Lipinski definition) is 2. The van der Waals surface area contributed by atoms with Gasteiger partial charge in [-0.15, -0.1) is 0 Å². The van der Waals surface area contributed by atoms with E-state index in [-0.39, 0.29) is 18.2 Å². The Morgan fingerprint density at radius 1 is 0.846 bits per heavy atom. The van der Waals surface area contributed by atoms with E-state index in [0.717, 1.165) is 19.5 Å². The second-order valence-corrected chi connectivity index (χ2v) is 6.56. The maximum atomic E-state index is 12.1. The van der Waals surface area contributed by atoms with Crippen molar-refractivity contribution < 1.29 is 9.59 Å². The topological polar surface area (TPSA) is 61.4 Å². The quantitative estimate of drug-likeness (QED) is 0.778. The first-order valence-electron chi connectivity index (χ1n) is 9.17. The second-order valence-electron chi connectivity index (χ2n) is 6.56. The molecule has 0 bridgehead atoms. The monoisotopic (exact) mass is 351 g/mol. The number of benzene rings is 2. The number of nitrogens with zero attached hydrogens (tertiary/aromatic N) is 1. The van der Waals surface area contributed by atoms with Crippen LogP contribution in [0.5, 0.6) is 0 Å². The Hall–Kier alpha value is -2.82. The number of hydrogen-bond acceptors (Lipinski definition) is 3. The van der Waals surface area contributed by atoms with Gasteiger partial charge in [-0.25, -0.2) is 0 Å². The van der Waals surface area contributed by atoms with Gasteiger partial charge in [-0.1, -0.05) is 19.1 Å². The lowest BCUT2D eigenvalue weighted by atomic mass is 10.1. The molecular weight excluding hydrogens is 326 g/mol. The smallest absolute Gasteiger partial charge is 0.233 e. The zero-order valence-corrected chi connectivity index (χ0v) is 15.1. The van der Waals surface area contributed by atoms with E-state index in [1.807, 2.05) is 48.5 Å². The van der Waals surface area contributed by atoms with Gasteiger partial charge in [0, 0.05) is 30.2 Å². The van der Waals surface area contributed by atoms with Crippen LogP contribution in [0.1, 0.15) is 31.7 Å². The van der Waals surface area contributed by atoms with Crippen LogP contribution in [0.4, 0.5) is 17.1 Å². The van der Waals surface area contributed by atoms with E-state index in [4.69, 9.17) is 0 Å². The Morgan fingerprint density at radius 2 is 1.35 bits per heavy atom. The maximum Gasteiger partial charge on any atom is 0.233 e. The fourth-order valence-electron chi connectivity index (χ4n) is 3.11. The first-order chi connectivity index (χ1) is 12.6. The summed E-state index contributed by atoms with van der Waals surface area (Å²) in [6.45, 7) is 4.26. The van der Waals surface area contributed by atoms with Gasteiger partial charge in [0.05, 0.1) is 0 Å². The molecule has 1 aliphatic rings. The minimum atomic E-state index is -0.319. The first kappa shape index (κ1) is 18.0. The van der Waals surface area contributed by atoms with Gasteiger partial charge in [0.15, 0.2) is 0 Å². The van der Waals surface area contributed by atoms with E-state index in [1.54, 1.807) is 0 Å². The third-order valence-electron chi connectivity index (χ3n) is 4.59. The van der Waals surface area contributed by atoms with Crippen LogP contribution in [0.25, 0.3) is 0 Å². The van der Waals surface area contributed by atoms with Gasteiger partial charge >= 0.3 is 0 Å². The van der Waals surface area contributed by atoms with Gasteiger partial charge in [0.25, 0.3) is 0 Å². The van der Waals surface area contributed by atoms with Gasteiger partial charge in [-0.3, -0.25) is 9.59 Å². The number of amides is 2. The van der Waals surface area contributed by atoms with Crippen molar-refractivity contribution in [1.29, 1.82) is 0 Å². The van der Waals surface area contributed by atoms with E-state index in [9.17, 15) is 9.59 Å². The predicted octanol–water partition coefficient (Wildman–Crippen LogP) is 3.82. The summed E-state index contributed by atoms with van der Waals surface area (Å²) < 4.78 is 0. The number of carbonyl (C=O) groups is 2. The fraction of sp³-hybridized carbons (Fsp3) is 0.333. The van der Waals surface area contributed by atoms with Crippen molar-refractivity contribution in [3.05, 3.63) is 54.1 Å². The van der Waals surface area contributed by atoms with Crippen molar-refractivity contribution in [2.75, 3.05) is 28.6 Å². The van der Waals surface area contributed by atoms with E-state index in [2.05, 4.69) is 22.5 Å². The van der Waals surface area contributed by atoms with Crippen molar-refractivity contribution >= 4 is 28.9 Å². The molecule has 2 amide bonds. The van der Waals surface area contributed by atoms with Crippen LogP contribution < -0.4 is 15.5 Å². The summed E-state index contributed by atoms with van der Waals surface area (Å²) in [5.41, 5.74) is 3.79. The van der Waals surface area contributed by atoms with Crippen LogP contribution >= 0.6 is 0 Å². The highest BCUT2D eigenvalue weighted by molar-refractivity contribution is 6.08. The highest BCUT2D eigenvalue weighted by Crippen LogP contribution is 2.22. The Labute approximate surface area is 154 Å². The summed E-state index contributed by atoms with van der Waals surface area (Å²) in [5, 5.41) is 5.53. The lowest BCUT2D eigenvalue weighted by Gasteiger charge is -2.17. The molecule has 0 aromatic heterocycles. The molecule has 5 nitrogen and oxygen atoms in total. The van der Waals surface area contributed by atoms with Crippen molar-refractivity contribution in [2.45, 2.75) is 32.6 Å². The SMILES string of the molecule is CCc1ccc(NC(=O)CC(=O)Nc2ccc(N3CCCC3)cc2)cc1. The zero-order chi connectivity index (χ0) is 18.4. The van der Waals surface area contributed by atoms with Crippen molar-refractivity contribution in [3.63, 3.8) is 0 Å². The minimum absolute atomic E-state index is 0.205. The van der Waals surface area contributed by atoms with Gasteiger partial charge < -0.3 is 15.5 Å². The van der Waals surface area contributed by atoms with E-state index in [1.165, 1.54) is 24.1 Å². The van der Waals surface area contributed by atoms with Crippen molar-refractivity contribution in [2.24, 2.45) is 0 Å². The summed E-state index contributed by atoms with van der Waals surface area (Å²) in [5.74, 6) is -0.637. The third kappa shape index (κ3) is 4.85. The number of anilines is 3. The summed E-state index contributed by atoms with van der Waals surface area (Å²) in [7, 11) is 0. The molecule has 0 atom stereocenters. The average Bonchev–Trinajstić information content (AvgIpc) is 3.17. The molecule has 0 saturated carbocycles. The molecule has 0 aliphatic carbocycles. The molecule has 2 aromatic carbocycles. The van der Waals surface area contributed by atoms with E-state index < -0.39 is 0 Å². The van der Waals surface area contributed by atoms with E-state index >= 15 is 0 Å². The molecule has 3 rings (SSSR count). The molecule has 2 aromatic rings. The van der Waals surface area contributed by atoms with Crippen molar-refractivity contribution in [1.82, 2.24) is 0 Å². The van der Waals surface area contributed by atoms with Crippen LogP contribution in [0.2, 0.25) is 0 Å². The van der Waals surface area contributed by atoms with Crippen LogP contribution in [0.3, 0.4) is 0 Å². The molecule has 2 N–H and O–H groups in total. The normalized spacial score (nSPS) is 13.5. The molecule has 1 aliphatic heterocycles. The Bertz CT molecular complexity index is 748. The zero-order valence-electron chi connectivity index (χ0n) is 15.1. The highest BCUT2D eigenvalue weighted by Gasteiger charge is 2.13. The second kappa shape index (κ2) is 8.52. The number of rotatable bonds is 6.